The third kappa shape index (κ3) is 5.25. The molecule has 3 atom stereocenters. The number of hydrogen-bond acceptors (Lipinski definition) is 2. The van der Waals surface area contributed by atoms with E-state index < -0.39 is 0 Å². The fraction of sp³-hybridized carbons (Fsp3) is 0.625. The zero-order valence-corrected chi connectivity index (χ0v) is 13.8. The molecule has 0 aliphatic heterocycles. The highest BCUT2D eigenvalue weighted by Crippen LogP contribution is 2.29. The zero-order chi connectivity index (χ0) is 14.3. The molecule has 0 heterocycles. The van der Waals surface area contributed by atoms with Gasteiger partial charge in [0.25, 0.3) is 0 Å². The summed E-state index contributed by atoms with van der Waals surface area (Å²) in [5, 5.41) is 0. The highest BCUT2D eigenvalue weighted by molar-refractivity contribution is 9.10. The van der Waals surface area contributed by atoms with Crippen molar-refractivity contribution >= 4 is 15.9 Å². The van der Waals surface area contributed by atoms with Crippen molar-refractivity contribution in [3.8, 4) is 0 Å². The van der Waals surface area contributed by atoms with Gasteiger partial charge in [0, 0.05) is 10.5 Å². The van der Waals surface area contributed by atoms with Gasteiger partial charge in [0.1, 0.15) is 0 Å². The minimum Gasteiger partial charge on any atom is -0.372 e. The summed E-state index contributed by atoms with van der Waals surface area (Å²) in [6.07, 6.45) is 3.28. The van der Waals surface area contributed by atoms with Crippen LogP contribution in [0.15, 0.2) is 28.7 Å². The number of nitrogens with two attached hydrogens (primary N) is 1. The highest BCUT2D eigenvalue weighted by Gasteiger charge is 2.21. The van der Waals surface area contributed by atoms with Gasteiger partial charge in [-0.25, -0.2) is 0 Å². The topological polar surface area (TPSA) is 35.2 Å². The van der Waals surface area contributed by atoms with E-state index in [1.807, 2.05) is 18.2 Å². The summed E-state index contributed by atoms with van der Waals surface area (Å²) in [6.45, 7) is 7.32. The smallest absolute Gasteiger partial charge is 0.0986 e. The molecule has 0 saturated carbocycles. The molecule has 0 radical (unpaired) electrons. The first-order chi connectivity index (χ1) is 9.10. The Balaban J connectivity index is 2.76. The van der Waals surface area contributed by atoms with E-state index in [9.17, 15) is 0 Å². The molecule has 1 rings (SSSR count). The van der Waals surface area contributed by atoms with E-state index in [1.165, 1.54) is 12.8 Å². The summed E-state index contributed by atoms with van der Waals surface area (Å²) in [6, 6.07) is 8.22. The molecule has 2 nitrogen and oxygen atoms in total. The molecule has 0 aliphatic rings. The summed E-state index contributed by atoms with van der Waals surface area (Å²) in [5.74, 6) is 0.582. The summed E-state index contributed by atoms with van der Waals surface area (Å²) < 4.78 is 7.20. The average Bonchev–Trinajstić information content (AvgIpc) is 2.40. The maximum Gasteiger partial charge on any atom is 0.0986 e. The monoisotopic (exact) mass is 327 g/mol. The number of benzene rings is 1. The molecule has 0 aromatic heterocycles. The standard InChI is InChI=1S/C16H26BrNO/c1-4-8-12(3)11-19-16(15(18)5-2)13-9-6-7-10-14(13)17/h6-7,9-10,12,15-16H,4-5,8,11,18H2,1-3H3. The molecule has 108 valence electrons. The number of hydrogen-bond donors (Lipinski definition) is 1. The van der Waals surface area contributed by atoms with Crippen molar-refractivity contribution in [2.75, 3.05) is 6.61 Å². The molecule has 0 spiro atoms. The molecule has 0 aliphatic carbocycles. The Kier molecular flexibility index (Phi) is 7.66. The maximum atomic E-state index is 6.23. The van der Waals surface area contributed by atoms with Crippen LogP contribution in [0.4, 0.5) is 0 Å². The highest BCUT2D eigenvalue weighted by atomic mass is 79.9. The van der Waals surface area contributed by atoms with Crippen LogP contribution >= 0.6 is 15.9 Å². The van der Waals surface area contributed by atoms with Crippen molar-refractivity contribution < 1.29 is 4.74 Å². The average molecular weight is 328 g/mol. The van der Waals surface area contributed by atoms with E-state index in [0.29, 0.717) is 5.92 Å². The molecule has 19 heavy (non-hydrogen) atoms. The van der Waals surface area contributed by atoms with Crippen LogP contribution in [0.25, 0.3) is 0 Å². The van der Waals surface area contributed by atoms with Gasteiger partial charge in [-0.1, -0.05) is 61.3 Å². The van der Waals surface area contributed by atoms with Crippen molar-refractivity contribution in [3.05, 3.63) is 34.3 Å². The number of halogens is 1. The van der Waals surface area contributed by atoms with Gasteiger partial charge < -0.3 is 10.5 Å². The first-order valence-electron chi connectivity index (χ1n) is 7.21. The summed E-state index contributed by atoms with van der Waals surface area (Å²) in [5.41, 5.74) is 7.39. The van der Waals surface area contributed by atoms with Crippen molar-refractivity contribution in [2.24, 2.45) is 11.7 Å². The van der Waals surface area contributed by atoms with Crippen LogP contribution in [0.2, 0.25) is 0 Å². The molecule has 0 fully saturated rings. The third-order valence-corrected chi connectivity index (χ3v) is 4.14. The van der Waals surface area contributed by atoms with Crippen LogP contribution in [-0.2, 0) is 4.74 Å². The fourth-order valence-corrected chi connectivity index (χ4v) is 2.72. The van der Waals surface area contributed by atoms with Crippen molar-refractivity contribution in [1.29, 1.82) is 0 Å². The van der Waals surface area contributed by atoms with E-state index in [4.69, 9.17) is 10.5 Å². The second-order valence-corrected chi connectivity index (χ2v) is 6.10. The first-order valence-corrected chi connectivity index (χ1v) is 8.01. The van der Waals surface area contributed by atoms with Gasteiger partial charge in [0.2, 0.25) is 0 Å². The van der Waals surface area contributed by atoms with Crippen LogP contribution < -0.4 is 5.73 Å². The summed E-state index contributed by atoms with van der Waals surface area (Å²) in [7, 11) is 0. The van der Waals surface area contributed by atoms with Crippen LogP contribution in [0.5, 0.6) is 0 Å². The molecular formula is C16H26BrNO. The Bertz CT molecular complexity index is 370. The Morgan fingerprint density at radius 2 is 1.95 bits per heavy atom. The van der Waals surface area contributed by atoms with E-state index in [0.717, 1.165) is 23.1 Å². The number of ether oxygens (including phenoxy) is 1. The Morgan fingerprint density at radius 1 is 1.26 bits per heavy atom. The lowest BCUT2D eigenvalue weighted by Gasteiger charge is -2.26. The van der Waals surface area contributed by atoms with Gasteiger partial charge in [-0.15, -0.1) is 0 Å². The molecule has 1 aromatic carbocycles. The quantitative estimate of drug-likeness (QED) is 0.752. The molecule has 3 unspecified atom stereocenters. The molecule has 0 amide bonds. The summed E-state index contributed by atoms with van der Waals surface area (Å²) >= 11 is 3.60. The summed E-state index contributed by atoms with van der Waals surface area (Å²) in [4.78, 5) is 0. The molecular weight excluding hydrogens is 302 g/mol. The number of rotatable bonds is 8. The van der Waals surface area contributed by atoms with E-state index >= 15 is 0 Å². The lowest BCUT2D eigenvalue weighted by Crippen LogP contribution is -2.30. The van der Waals surface area contributed by atoms with Crippen LogP contribution in [0.1, 0.15) is 51.7 Å². The second-order valence-electron chi connectivity index (χ2n) is 5.24. The fourth-order valence-electron chi connectivity index (χ4n) is 2.21. The maximum absolute atomic E-state index is 6.23. The van der Waals surface area contributed by atoms with Gasteiger partial charge in [-0.3, -0.25) is 0 Å². The second kappa shape index (κ2) is 8.72. The molecule has 3 heteroatoms. The molecule has 1 aromatic rings. The molecule has 0 bridgehead atoms. The Hall–Kier alpha value is -0.380. The molecule has 2 N–H and O–H groups in total. The largest absolute Gasteiger partial charge is 0.372 e. The van der Waals surface area contributed by atoms with Gasteiger partial charge in [0.05, 0.1) is 12.7 Å². The van der Waals surface area contributed by atoms with Gasteiger partial charge in [-0.05, 0) is 30.4 Å². The lowest BCUT2D eigenvalue weighted by atomic mass is 10.0. The SMILES string of the molecule is CCCC(C)COC(c1ccccc1Br)C(N)CC. The zero-order valence-electron chi connectivity index (χ0n) is 12.2. The Morgan fingerprint density at radius 3 is 2.53 bits per heavy atom. The van der Waals surface area contributed by atoms with Gasteiger partial charge in [-0.2, -0.15) is 0 Å². The van der Waals surface area contributed by atoms with Crippen LogP contribution in [0, 0.1) is 5.92 Å². The molecule has 0 saturated heterocycles. The van der Waals surface area contributed by atoms with Crippen LogP contribution in [0.3, 0.4) is 0 Å². The van der Waals surface area contributed by atoms with E-state index in [-0.39, 0.29) is 12.1 Å². The van der Waals surface area contributed by atoms with Crippen LogP contribution in [-0.4, -0.2) is 12.6 Å². The van der Waals surface area contributed by atoms with Gasteiger partial charge >= 0.3 is 0 Å². The van der Waals surface area contributed by atoms with Crippen molar-refractivity contribution in [3.63, 3.8) is 0 Å². The predicted molar refractivity (Wildman–Crippen MR) is 85.2 cm³/mol. The normalized spacial score (nSPS) is 16.1. The minimum atomic E-state index is -0.0279. The van der Waals surface area contributed by atoms with E-state index in [2.05, 4.69) is 42.8 Å². The van der Waals surface area contributed by atoms with Gasteiger partial charge in [0.15, 0.2) is 0 Å². The van der Waals surface area contributed by atoms with Crippen molar-refractivity contribution in [2.45, 2.75) is 52.2 Å². The Labute approximate surface area is 125 Å². The first kappa shape index (κ1) is 16.7. The third-order valence-electron chi connectivity index (χ3n) is 3.41. The predicted octanol–water partition coefficient (Wildman–Crippen LogP) is 4.68. The van der Waals surface area contributed by atoms with E-state index in [1.54, 1.807) is 0 Å². The lowest BCUT2D eigenvalue weighted by molar-refractivity contribution is 0.0127. The van der Waals surface area contributed by atoms with Crippen molar-refractivity contribution in [1.82, 2.24) is 0 Å². The minimum absolute atomic E-state index is 0.0279.